The molecule has 2 aliphatic heterocycles. The average Bonchev–Trinajstić information content (AvgIpc) is 3.00. The second-order valence-electron chi connectivity index (χ2n) is 18.0. The number of ether oxygens (including phenoxy) is 4. The van der Waals surface area contributed by atoms with Gasteiger partial charge in [0.05, 0.1) is 18.6 Å². The monoisotopic (exact) mass is 736 g/mol. The molecule has 1 unspecified atom stereocenters. The summed E-state index contributed by atoms with van der Waals surface area (Å²) in [5.74, 6) is 0.353. The van der Waals surface area contributed by atoms with Gasteiger partial charge < -0.3 is 28.7 Å². The van der Waals surface area contributed by atoms with Crippen LogP contribution < -0.4 is 5.32 Å². The first kappa shape index (κ1) is 43.5. The molecule has 13 nitrogen and oxygen atoms in total. The summed E-state index contributed by atoms with van der Waals surface area (Å²) in [6.45, 7) is 20.6. The molecule has 3 fully saturated rings. The highest BCUT2D eigenvalue weighted by atomic mass is 16.6. The van der Waals surface area contributed by atoms with Crippen molar-refractivity contribution in [1.82, 2.24) is 20.0 Å². The van der Waals surface area contributed by atoms with Crippen LogP contribution in [0.5, 0.6) is 0 Å². The van der Waals surface area contributed by atoms with Crippen molar-refractivity contribution in [2.45, 2.75) is 181 Å². The Hall–Kier alpha value is -2.93. The van der Waals surface area contributed by atoms with E-state index in [1.54, 1.807) is 41.5 Å². The summed E-state index contributed by atoms with van der Waals surface area (Å²) >= 11 is 0. The molecule has 1 N–H and O–H groups in total. The number of nitrogens with one attached hydrogen (secondary N) is 1. The quantitative estimate of drug-likeness (QED) is 0.118. The third kappa shape index (κ3) is 15.2. The Balaban J connectivity index is 1.62. The van der Waals surface area contributed by atoms with Gasteiger partial charge in [0.15, 0.2) is 0 Å². The Morgan fingerprint density at radius 2 is 1.44 bits per heavy atom. The van der Waals surface area contributed by atoms with Crippen LogP contribution in [0.4, 0.5) is 9.59 Å². The third-order valence-corrected chi connectivity index (χ3v) is 9.70. The fraction of sp³-hybridized carbons (Fsp3) is 0.872. The Kier molecular flexibility index (Phi) is 15.8. The number of hydrogen-bond donors (Lipinski definition) is 1. The molecule has 0 aromatic carbocycles. The number of likely N-dealkylation sites (N-methyl/N-ethyl adjacent to an activating group) is 1. The predicted octanol–water partition coefficient (Wildman–Crippen LogP) is 6.67. The number of likely N-dealkylation sites (tertiary alicyclic amines) is 2. The molecule has 3 rings (SSSR count). The molecule has 0 radical (unpaired) electrons. The van der Waals surface area contributed by atoms with Crippen LogP contribution in [0.2, 0.25) is 0 Å². The summed E-state index contributed by atoms with van der Waals surface area (Å²) in [5.41, 5.74) is -2.08. The second kappa shape index (κ2) is 18.9. The van der Waals surface area contributed by atoms with Crippen molar-refractivity contribution in [3.63, 3.8) is 0 Å². The molecule has 2 heterocycles. The normalized spacial score (nSPS) is 23.2. The molecule has 0 bridgehead atoms. The lowest BCUT2D eigenvalue weighted by atomic mass is 9.85. The van der Waals surface area contributed by atoms with Crippen molar-refractivity contribution < 1.29 is 38.1 Å². The summed E-state index contributed by atoms with van der Waals surface area (Å²) in [4.78, 5) is 62.8. The van der Waals surface area contributed by atoms with Crippen molar-refractivity contribution in [3.8, 4) is 0 Å². The maximum absolute atomic E-state index is 14.4. The highest BCUT2D eigenvalue weighted by Crippen LogP contribution is 2.30. The molecule has 13 heteroatoms. The van der Waals surface area contributed by atoms with E-state index in [1.807, 2.05) is 37.6 Å². The van der Waals surface area contributed by atoms with Crippen molar-refractivity contribution in [2.24, 2.45) is 10.9 Å². The summed E-state index contributed by atoms with van der Waals surface area (Å²) < 4.78 is 22.9. The summed E-state index contributed by atoms with van der Waals surface area (Å²) in [6, 6.07) is -0.278. The van der Waals surface area contributed by atoms with Crippen molar-refractivity contribution in [1.29, 1.82) is 0 Å². The molecular weight excluding hydrogens is 666 g/mol. The maximum atomic E-state index is 14.4. The van der Waals surface area contributed by atoms with Gasteiger partial charge in [0.25, 0.3) is 0 Å². The topological polar surface area (TPSA) is 139 Å². The molecule has 4 atom stereocenters. The molecule has 298 valence electrons. The van der Waals surface area contributed by atoms with E-state index in [1.165, 1.54) is 6.42 Å². The molecule has 3 aliphatic rings. The molecule has 1 saturated carbocycles. The second-order valence-corrected chi connectivity index (χ2v) is 18.0. The number of alkyl carbamates (subject to hydrolysis) is 1. The number of guanidine groups is 1. The number of piperidine rings is 2. The standard InChI is InChI=1S/C39H69N5O8/c1-27-15-14-17-29(25-27)42(11)31(26-32(45)50-37(2,3)4)33(46)44-21-13-12-16-28(44)20-24-49-30-18-22-43(23-19-30)34(40-35(47)51-38(5,6)7)41-36(48)52-39(8,9)10/h27-31H,12-26H2,1-11H3,(H,40,41,47,48)/t27-,28+,29?,31+/m1/s1. The van der Waals surface area contributed by atoms with E-state index < -0.39 is 35.0 Å². The molecule has 0 aromatic heterocycles. The Bertz CT molecular complexity index is 1230. The largest absolute Gasteiger partial charge is 0.460 e. The molecule has 0 spiro atoms. The van der Waals surface area contributed by atoms with Crippen LogP contribution in [0.15, 0.2) is 4.99 Å². The van der Waals surface area contributed by atoms with Crippen LogP contribution in [-0.4, -0.2) is 119 Å². The average molecular weight is 736 g/mol. The van der Waals surface area contributed by atoms with E-state index in [0.29, 0.717) is 51.4 Å². The van der Waals surface area contributed by atoms with Gasteiger partial charge in [-0.25, -0.2) is 9.59 Å². The smallest absolute Gasteiger partial charge is 0.437 e. The fourth-order valence-corrected chi connectivity index (χ4v) is 7.30. The van der Waals surface area contributed by atoms with Crippen molar-refractivity contribution >= 4 is 30.0 Å². The van der Waals surface area contributed by atoms with Crippen LogP contribution in [-0.2, 0) is 28.5 Å². The van der Waals surface area contributed by atoms with Crippen molar-refractivity contribution in [3.05, 3.63) is 0 Å². The minimum atomic E-state index is -0.795. The highest BCUT2D eigenvalue weighted by Gasteiger charge is 2.39. The number of carbonyl (C=O) groups excluding carboxylic acids is 4. The minimum Gasteiger partial charge on any atom is -0.460 e. The van der Waals surface area contributed by atoms with Gasteiger partial charge in [-0.3, -0.25) is 19.8 Å². The van der Waals surface area contributed by atoms with Gasteiger partial charge in [-0.1, -0.05) is 19.8 Å². The number of hydrogen-bond acceptors (Lipinski definition) is 9. The lowest BCUT2D eigenvalue weighted by Gasteiger charge is -2.43. The van der Waals surface area contributed by atoms with E-state index >= 15 is 0 Å². The molecule has 2 saturated heterocycles. The number of esters is 1. The number of nitrogens with zero attached hydrogens (tertiary/aromatic N) is 4. The van der Waals surface area contributed by atoms with Crippen LogP contribution in [0.1, 0.15) is 140 Å². The zero-order valence-corrected chi connectivity index (χ0v) is 34.0. The summed E-state index contributed by atoms with van der Waals surface area (Å²) in [7, 11) is 2.01. The van der Waals surface area contributed by atoms with Gasteiger partial charge in [0, 0.05) is 38.3 Å². The van der Waals surface area contributed by atoms with Gasteiger partial charge in [-0.2, -0.15) is 0 Å². The van der Waals surface area contributed by atoms with Crippen LogP contribution in [0.3, 0.4) is 0 Å². The summed E-state index contributed by atoms with van der Waals surface area (Å²) in [6.07, 6.45) is 7.83. The Morgan fingerprint density at radius 1 is 0.808 bits per heavy atom. The van der Waals surface area contributed by atoms with E-state index in [-0.39, 0.29) is 42.4 Å². The maximum Gasteiger partial charge on any atom is 0.437 e. The summed E-state index contributed by atoms with van der Waals surface area (Å²) in [5, 5.41) is 2.64. The third-order valence-electron chi connectivity index (χ3n) is 9.70. The number of carbonyl (C=O) groups is 4. The zero-order valence-electron chi connectivity index (χ0n) is 34.0. The molecule has 52 heavy (non-hydrogen) atoms. The van der Waals surface area contributed by atoms with E-state index in [2.05, 4.69) is 22.1 Å². The fourth-order valence-electron chi connectivity index (χ4n) is 7.30. The predicted molar refractivity (Wildman–Crippen MR) is 201 cm³/mol. The minimum absolute atomic E-state index is 0.0129. The molecular formula is C39H69N5O8. The van der Waals surface area contributed by atoms with Crippen LogP contribution in [0, 0.1) is 5.92 Å². The highest BCUT2D eigenvalue weighted by molar-refractivity contribution is 5.99. The van der Waals surface area contributed by atoms with E-state index in [0.717, 1.165) is 38.5 Å². The Morgan fingerprint density at radius 3 is 2.04 bits per heavy atom. The lowest BCUT2D eigenvalue weighted by Crippen LogP contribution is -2.56. The molecule has 0 aromatic rings. The number of aliphatic imine (C=N–C) groups is 1. The van der Waals surface area contributed by atoms with Crippen molar-refractivity contribution in [2.75, 3.05) is 33.3 Å². The Labute approximate surface area is 312 Å². The van der Waals surface area contributed by atoms with E-state index in [9.17, 15) is 19.2 Å². The lowest BCUT2D eigenvalue weighted by molar-refractivity contribution is -0.160. The first-order chi connectivity index (χ1) is 24.1. The first-order valence-electron chi connectivity index (χ1n) is 19.5. The van der Waals surface area contributed by atoms with Gasteiger partial charge in [0.2, 0.25) is 11.9 Å². The number of amides is 3. The van der Waals surface area contributed by atoms with Gasteiger partial charge in [0.1, 0.15) is 16.8 Å². The van der Waals surface area contributed by atoms with Crippen LogP contribution >= 0.6 is 0 Å². The van der Waals surface area contributed by atoms with Gasteiger partial charge in [-0.05, 0) is 127 Å². The number of rotatable bonds is 9. The van der Waals surface area contributed by atoms with E-state index in [4.69, 9.17) is 18.9 Å². The SMILES string of the molecule is C[C@@H]1CCCC(N(C)[C@@H](CC(=O)OC(C)(C)C)C(=O)N2CCCC[C@H]2CCOC2CCN(C(=NC(=O)OC(C)(C)C)NC(=O)OC(C)(C)C)CC2)C1. The van der Waals surface area contributed by atoms with Crippen LogP contribution in [0.25, 0.3) is 0 Å². The first-order valence-corrected chi connectivity index (χ1v) is 19.5. The molecule has 1 aliphatic carbocycles. The molecule has 3 amide bonds. The zero-order chi connectivity index (χ0) is 38.9. The van der Waals surface area contributed by atoms with Gasteiger partial charge >= 0.3 is 18.2 Å². The van der Waals surface area contributed by atoms with Gasteiger partial charge in [-0.15, -0.1) is 4.99 Å².